The number of nitrogens with zero attached hydrogens (tertiary/aromatic N) is 1. The van der Waals surface area contributed by atoms with E-state index in [-0.39, 0.29) is 11.5 Å². The maximum absolute atomic E-state index is 9.81. The summed E-state index contributed by atoms with van der Waals surface area (Å²) in [4.78, 5) is 14.7. The van der Waals surface area contributed by atoms with Crippen molar-refractivity contribution in [2.24, 2.45) is 0 Å². The zero-order valence-electron chi connectivity index (χ0n) is 24.1. The Hall–Kier alpha value is -3.86. The quantitative estimate of drug-likeness (QED) is 0.279. The molecule has 2 N–H and O–H groups in total. The Labute approximate surface area is 229 Å². The molecular weight excluding hydrogens is 472 g/mol. The van der Waals surface area contributed by atoms with E-state index >= 15 is 0 Å². The molecule has 2 aromatic carbocycles. The van der Waals surface area contributed by atoms with Gasteiger partial charge in [-0.15, -0.1) is 0 Å². The number of pyridine rings is 1. The van der Waals surface area contributed by atoms with Gasteiger partial charge in [0, 0.05) is 23.2 Å². The number of carbonyl (C=O) groups is 1. The average Bonchev–Trinajstić information content (AvgIpc) is 2.90. The number of rotatable bonds is 9. The fraction of sp³-hybridized carbons (Fsp3) is 0.333. The lowest BCUT2D eigenvalue weighted by molar-refractivity contribution is -0.116. The van der Waals surface area contributed by atoms with Gasteiger partial charge in [-0.2, -0.15) is 0 Å². The number of fused-ring (bicyclic) bond motifs is 1. The van der Waals surface area contributed by atoms with Crippen molar-refractivity contribution in [3.05, 3.63) is 95.9 Å². The number of para-hydroxylation sites is 1. The number of aryl methyl sites for hydroxylation is 2. The van der Waals surface area contributed by atoms with Crippen molar-refractivity contribution < 1.29 is 14.6 Å². The molecule has 0 saturated heterocycles. The first kappa shape index (κ1) is 32.2. The minimum atomic E-state index is 0.255. The highest BCUT2D eigenvalue weighted by atomic mass is 16.5. The molecule has 1 heterocycles. The first-order chi connectivity index (χ1) is 18.3. The molecule has 0 fully saturated rings. The molecule has 5 heteroatoms. The lowest BCUT2D eigenvalue weighted by atomic mass is 10.0. The van der Waals surface area contributed by atoms with Crippen LogP contribution >= 0.6 is 0 Å². The number of aromatic hydroxyl groups is 1. The van der Waals surface area contributed by atoms with Gasteiger partial charge in [-0.3, -0.25) is 4.98 Å². The molecule has 0 aliphatic carbocycles. The third kappa shape index (κ3) is 10.3. The van der Waals surface area contributed by atoms with E-state index in [1.807, 2.05) is 45.1 Å². The highest BCUT2D eigenvalue weighted by molar-refractivity contribution is 5.94. The lowest BCUT2D eigenvalue weighted by Gasteiger charge is -2.18. The Bertz CT molecular complexity index is 1240. The van der Waals surface area contributed by atoms with E-state index in [0.29, 0.717) is 6.42 Å². The summed E-state index contributed by atoms with van der Waals surface area (Å²) in [6, 6.07) is 13.4. The fourth-order valence-electron chi connectivity index (χ4n) is 3.72. The van der Waals surface area contributed by atoms with Crippen LogP contribution in [0.15, 0.2) is 79.0 Å². The standard InChI is InChI=1S/C21H26N2.C8H10O2.C4H8O/c1-5-11-16(12-6-2)22-21-17(8-4)19(13-7-3)23-20-15-10-9-14-18(20)21;1-6-5-7(9)3-4-8(6)10-2;1-3-4(2)5/h5-6,9-12,14-15H,1,7-8,13H2,2-4H3,(H,22,23);3-5,9H,1-2H3;3H2,1-2H3/b12-6-,16-11+;;. The second-order valence-electron chi connectivity index (χ2n) is 8.72. The molecule has 3 aromatic rings. The summed E-state index contributed by atoms with van der Waals surface area (Å²) in [7, 11) is 1.61. The molecule has 0 radical (unpaired) electrons. The Balaban J connectivity index is 0.000000395. The predicted molar refractivity (Wildman–Crippen MR) is 162 cm³/mol. The van der Waals surface area contributed by atoms with Crippen LogP contribution in [0.2, 0.25) is 0 Å². The number of benzene rings is 2. The zero-order chi connectivity index (χ0) is 28.5. The molecule has 3 rings (SSSR count). The van der Waals surface area contributed by atoms with E-state index in [9.17, 15) is 4.79 Å². The molecule has 38 heavy (non-hydrogen) atoms. The zero-order valence-corrected chi connectivity index (χ0v) is 24.1. The third-order valence-electron chi connectivity index (χ3n) is 5.71. The highest BCUT2D eigenvalue weighted by Gasteiger charge is 2.13. The van der Waals surface area contributed by atoms with Gasteiger partial charge in [0.15, 0.2) is 0 Å². The van der Waals surface area contributed by atoms with Crippen molar-refractivity contribution in [3.8, 4) is 11.5 Å². The Morgan fingerprint density at radius 1 is 1.16 bits per heavy atom. The normalized spacial score (nSPS) is 10.8. The maximum atomic E-state index is 9.81. The number of ether oxygens (including phenoxy) is 1. The predicted octanol–water partition coefficient (Wildman–Crippen LogP) is 8.50. The van der Waals surface area contributed by atoms with Gasteiger partial charge in [-0.05, 0) is 81.2 Å². The minimum Gasteiger partial charge on any atom is -0.508 e. The van der Waals surface area contributed by atoms with Crippen molar-refractivity contribution in [2.75, 3.05) is 12.4 Å². The number of ketones is 1. The van der Waals surface area contributed by atoms with Crippen molar-refractivity contribution in [1.29, 1.82) is 0 Å². The summed E-state index contributed by atoms with van der Waals surface area (Å²) >= 11 is 0. The molecular formula is C33H44N2O3. The van der Waals surface area contributed by atoms with E-state index in [4.69, 9.17) is 14.8 Å². The van der Waals surface area contributed by atoms with Gasteiger partial charge in [0.25, 0.3) is 0 Å². The van der Waals surface area contributed by atoms with E-state index in [1.54, 1.807) is 32.2 Å². The van der Waals surface area contributed by atoms with Gasteiger partial charge < -0.3 is 20.0 Å². The molecule has 0 aliphatic rings. The Kier molecular flexibility index (Phi) is 14.9. The van der Waals surface area contributed by atoms with Gasteiger partial charge in [0.2, 0.25) is 0 Å². The molecule has 1 aromatic heterocycles. The largest absolute Gasteiger partial charge is 0.508 e. The summed E-state index contributed by atoms with van der Waals surface area (Å²) in [6.45, 7) is 15.6. The van der Waals surface area contributed by atoms with Crippen molar-refractivity contribution in [3.63, 3.8) is 0 Å². The monoisotopic (exact) mass is 516 g/mol. The van der Waals surface area contributed by atoms with E-state index < -0.39 is 0 Å². The number of phenolic OH excluding ortho intramolecular Hbond substituents is 1. The van der Waals surface area contributed by atoms with Crippen LogP contribution in [0, 0.1) is 6.92 Å². The van der Waals surface area contributed by atoms with Crippen molar-refractivity contribution in [1.82, 2.24) is 4.98 Å². The number of allylic oxidation sites excluding steroid dienone is 4. The topological polar surface area (TPSA) is 71.5 Å². The molecule has 0 unspecified atom stereocenters. The lowest BCUT2D eigenvalue weighted by Crippen LogP contribution is -2.06. The van der Waals surface area contributed by atoms with Crippen LogP contribution in [0.5, 0.6) is 11.5 Å². The molecule has 0 aliphatic heterocycles. The van der Waals surface area contributed by atoms with Crippen molar-refractivity contribution in [2.45, 2.75) is 67.2 Å². The van der Waals surface area contributed by atoms with Crippen LogP contribution in [0.25, 0.3) is 10.9 Å². The number of aromatic nitrogens is 1. The summed E-state index contributed by atoms with van der Waals surface area (Å²) in [5.74, 6) is 1.33. The number of anilines is 1. The molecule has 0 bridgehead atoms. The summed E-state index contributed by atoms with van der Waals surface area (Å²) < 4.78 is 4.99. The van der Waals surface area contributed by atoms with Gasteiger partial charge >= 0.3 is 0 Å². The summed E-state index contributed by atoms with van der Waals surface area (Å²) in [5, 5.41) is 13.8. The van der Waals surface area contributed by atoms with E-state index in [0.717, 1.165) is 41.8 Å². The SMILES string of the molecule is C=C/C=C(\C=C/C)Nc1c(CC)c(CCC)nc2ccccc12.CCC(C)=O.COc1ccc(O)cc1C. The van der Waals surface area contributed by atoms with Gasteiger partial charge in [-0.25, -0.2) is 0 Å². The van der Waals surface area contributed by atoms with Crippen molar-refractivity contribution >= 4 is 22.4 Å². The molecule has 0 saturated carbocycles. The van der Waals surface area contributed by atoms with Crippen LogP contribution in [0.3, 0.4) is 0 Å². The Morgan fingerprint density at radius 3 is 2.37 bits per heavy atom. The smallest absolute Gasteiger partial charge is 0.129 e. The molecule has 204 valence electrons. The maximum Gasteiger partial charge on any atom is 0.129 e. The van der Waals surface area contributed by atoms with Gasteiger partial charge in [0.05, 0.1) is 18.3 Å². The number of methoxy groups -OCH3 is 1. The second kappa shape index (κ2) is 17.6. The van der Waals surface area contributed by atoms with Gasteiger partial charge in [-0.1, -0.05) is 64.1 Å². The molecule has 0 amide bonds. The van der Waals surface area contributed by atoms with E-state index in [1.165, 1.54) is 22.3 Å². The number of carbonyl (C=O) groups excluding carboxylic acids is 1. The fourth-order valence-corrected chi connectivity index (χ4v) is 3.72. The highest BCUT2D eigenvalue weighted by Crippen LogP contribution is 2.31. The molecule has 0 atom stereocenters. The summed E-state index contributed by atoms with van der Waals surface area (Å²) in [5.41, 5.74) is 6.72. The van der Waals surface area contributed by atoms with Crippen LogP contribution in [-0.2, 0) is 17.6 Å². The average molecular weight is 517 g/mol. The first-order valence-electron chi connectivity index (χ1n) is 13.2. The first-order valence-corrected chi connectivity index (χ1v) is 13.2. The number of hydrogen-bond acceptors (Lipinski definition) is 5. The van der Waals surface area contributed by atoms with Crippen LogP contribution in [0.1, 0.15) is 64.3 Å². The Morgan fingerprint density at radius 2 is 1.84 bits per heavy atom. The second-order valence-corrected chi connectivity index (χ2v) is 8.72. The number of phenols is 1. The summed E-state index contributed by atoms with van der Waals surface area (Å²) in [6.07, 6.45) is 11.6. The van der Waals surface area contributed by atoms with E-state index in [2.05, 4.69) is 50.0 Å². The number of nitrogens with one attached hydrogen (secondary N) is 1. The number of hydrogen-bond donors (Lipinski definition) is 2. The van der Waals surface area contributed by atoms with Crippen LogP contribution in [-0.4, -0.2) is 23.0 Å². The third-order valence-corrected chi connectivity index (χ3v) is 5.71. The number of Topliss-reactive ketones (excluding diaryl/α,β-unsaturated/α-hetero) is 1. The minimum absolute atomic E-state index is 0.255. The van der Waals surface area contributed by atoms with Crippen LogP contribution < -0.4 is 10.1 Å². The van der Waals surface area contributed by atoms with Crippen LogP contribution in [0.4, 0.5) is 5.69 Å². The van der Waals surface area contributed by atoms with Gasteiger partial charge in [0.1, 0.15) is 17.3 Å². The molecule has 0 spiro atoms. The molecule has 5 nitrogen and oxygen atoms in total.